The first kappa shape index (κ1) is 10.9. The first-order valence-corrected chi connectivity index (χ1v) is 5.56. The molecule has 1 aliphatic heterocycles. The number of nitrogens with zero attached hydrogens (tertiary/aromatic N) is 3. The predicted molar refractivity (Wildman–Crippen MR) is 59.4 cm³/mol. The fraction of sp³-hybridized carbons (Fsp3) is 0.545. The largest absolute Gasteiger partial charge is 0.460 e. The number of carbonyl (C=O) groups excluding carboxylic acids is 1. The van der Waals surface area contributed by atoms with Gasteiger partial charge in [-0.25, -0.2) is 14.8 Å². The molecule has 0 aromatic carbocycles. The summed E-state index contributed by atoms with van der Waals surface area (Å²) in [6.07, 6.45) is 3.96. The molecule has 5 heteroatoms. The van der Waals surface area contributed by atoms with Gasteiger partial charge in [-0.05, 0) is 25.8 Å². The average molecular weight is 221 g/mol. The van der Waals surface area contributed by atoms with Crippen LogP contribution < -0.4 is 4.90 Å². The number of anilines is 1. The molecule has 0 bridgehead atoms. The summed E-state index contributed by atoms with van der Waals surface area (Å²) in [5.41, 5.74) is 0. The molecule has 1 aromatic rings. The zero-order valence-corrected chi connectivity index (χ0v) is 9.35. The maximum atomic E-state index is 11.4. The van der Waals surface area contributed by atoms with E-state index >= 15 is 0 Å². The van der Waals surface area contributed by atoms with Crippen LogP contribution in [0, 0.1) is 0 Å². The molecule has 0 spiro atoms. The number of carbonyl (C=O) groups is 1. The van der Waals surface area contributed by atoms with Crippen LogP contribution in [0.1, 0.15) is 30.4 Å². The Morgan fingerprint density at radius 3 is 2.94 bits per heavy atom. The Bertz CT molecular complexity index is 375. The number of ether oxygens (including phenoxy) is 1. The van der Waals surface area contributed by atoms with Crippen molar-refractivity contribution in [2.24, 2.45) is 0 Å². The average Bonchev–Trinajstić information content (AvgIpc) is 2.83. The molecule has 0 amide bonds. The molecule has 1 aromatic heterocycles. The number of rotatable bonds is 3. The lowest BCUT2D eigenvalue weighted by Gasteiger charge is -2.15. The summed E-state index contributed by atoms with van der Waals surface area (Å²) >= 11 is 0. The minimum absolute atomic E-state index is 0.145. The van der Waals surface area contributed by atoms with Gasteiger partial charge in [0, 0.05) is 19.3 Å². The Morgan fingerprint density at radius 1 is 1.50 bits per heavy atom. The highest BCUT2D eigenvalue weighted by Crippen LogP contribution is 2.16. The highest BCUT2D eigenvalue weighted by Gasteiger charge is 2.16. The molecule has 0 atom stereocenters. The normalized spacial score (nSPS) is 15.2. The summed E-state index contributed by atoms with van der Waals surface area (Å²) in [4.78, 5) is 21.7. The van der Waals surface area contributed by atoms with E-state index in [1.54, 1.807) is 13.1 Å². The van der Waals surface area contributed by atoms with E-state index in [1.165, 1.54) is 12.8 Å². The highest BCUT2D eigenvalue weighted by atomic mass is 16.5. The molecule has 0 N–H and O–H groups in total. The van der Waals surface area contributed by atoms with Crippen molar-refractivity contribution in [1.82, 2.24) is 9.97 Å². The van der Waals surface area contributed by atoms with Crippen molar-refractivity contribution >= 4 is 11.8 Å². The molecule has 2 rings (SSSR count). The molecule has 2 heterocycles. The van der Waals surface area contributed by atoms with Crippen LogP contribution >= 0.6 is 0 Å². The number of hydrogen-bond acceptors (Lipinski definition) is 5. The lowest BCUT2D eigenvalue weighted by Crippen LogP contribution is -2.20. The Labute approximate surface area is 94.5 Å². The Kier molecular flexibility index (Phi) is 3.34. The van der Waals surface area contributed by atoms with E-state index < -0.39 is 5.97 Å². The van der Waals surface area contributed by atoms with Gasteiger partial charge in [0.15, 0.2) is 0 Å². The Morgan fingerprint density at radius 2 is 2.25 bits per heavy atom. The van der Waals surface area contributed by atoms with Gasteiger partial charge in [-0.3, -0.25) is 0 Å². The molecule has 0 aliphatic carbocycles. The number of hydrogen-bond donors (Lipinski definition) is 0. The standard InChI is InChI=1S/C11H15N3O2/c1-2-16-11(15)10-12-6-5-9(13-10)14-7-3-4-8-14/h5-6H,2-4,7-8H2,1H3. The van der Waals surface area contributed by atoms with Crippen LogP contribution in [0.25, 0.3) is 0 Å². The van der Waals surface area contributed by atoms with Crippen LogP contribution in [0.2, 0.25) is 0 Å². The van der Waals surface area contributed by atoms with Gasteiger partial charge >= 0.3 is 5.97 Å². The Balaban J connectivity index is 2.15. The fourth-order valence-corrected chi connectivity index (χ4v) is 1.77. The van der Waals surface area contributed by atoms with Gasteiger partial charge in [0.05, 0.1) is 6.61 Å². The monoisotopic (exact) mass is 221 g/mol. The van der Waals surface area contributed by atoms with E-state index in [0.717, 1.165) is 18.9 Å². The van der Waals surface area contributed by atoms with Crippen LogP contribution in [0.4, 0.5) is 5.82 Å². The molecule has 86 valence electrons. The molecule has 1 fully saturated rings. The first-order valence-electron chi connectivity index (χ1n) is 5.56. The number of aromatic nitrogens is 2. The van der Waals surface area contributed by atoms with Crippen molar-refractivity contribution in [3.05, 3.63) is 18.1 Å². The summed E-state index contributed by atoms with van der Waals surface area (Å²) in [5.74, 6) is 0.505. The highest BCUT2D eigenvalue weighted by molar-refractivity contribution is 5.85. The van der Waals surface area contributed by atoms with Gasteiger partial charge < -0.3 is 9.64 Å². The molecule has 0 radical (unpaired) electrons. The SMILES string of the molecule is CCOC(=O)c1nccc(N2CCCC2)n1. The molecule has 16 heavy (non-hydrogen) atoms. The quantitative estimate of drug-likeness (QED) is 0.719. The minimum atomic E-state index is -0.455. The number of esters is 1. The molecule has 5 nitrogen and oxygen atoms in total. The molecule has 1 saturated heterocycles. The third kappa shape index (κ3) is 2.29. The maximum absolute atomic E-state index is 11.4. The van der Waals surface area contributed by atoms with E-state index in [9.17, 15) is 4.79 Å². The van der Waals surface area contributed by atoms with E-state index in [0.29, 0.717) is 6.61 Å². The lowest BCUT2D eigenvalue weighted by molar-refractivity contribution is 0.0512. The first-order chi connectivity index (χ1) is 7.81. The van der Waals surface area contributed by atoms with Crippen LogP contribution in [0.5, 0.6) is 0 Å². The molecular weight excluding hydrogens is 206 g/mol. The van der Waals surface area contributed by atoms with E-state index in [2.05, 4.69) is 14.9 Å². The van der Waals surface area contributed by atoms with Crippen molar-refractivity contribution in [2.75, 3.05) is 24.6 Å². The summed E-state index contributed by atoms with van der Waals surface area (Å²) in [7, 11) is 0. The van der Waals surface area contributed by atoms with Crippen molar-refractivity contribution in [3.8, 4) is 0 Å². The molecular formula is C11H15N3O2. The second-order valence-corrected chi connectivity index (χ2v) is 3.65. The van der Waals surface area contributed by atoms with E-state index in [1.807, 2.05) is 6.07 Å². The van der Waals surface area contributed by atoms with Gasteiger partial charge in [0.2, 0.25) is 5.82 Å². The Hall–Kier alpha value is -1.65. The molecule has 1 aliphatic rings. The fourth-order valence-electron chi connectivity index (χ4n) is 1.77. The van der Waals surface area contributed by atoms with Crippen molar-refractivity contribution in [1.29, 1.82) is 0 Å². The van der Waals surface area contributed by atoms with Gasteiger partial charge in [0.25, 0.3) is 0 Å². The summed E-state index contributed by atoms with van der Waals surface area (Å²) in [5, 5.41) is 0. The molecule has 0 unspecified atom stereocenters. The third-order valence-corrected chi connectivity index (χ3v) is 2.53. The second kappa shape index (κ2) is 4.92. The maximum Gasteiger partial charge on any atom is 0.376 e. The van der Waals surface area contributed by atoms with Crippen LogP contribution in [-0.4, -0.2) is 35.6 Å². The van der Waals surface area contributed by atoms with Crippen LogP contribution in [0.15, 0.2) is 12.3 Å². The minimum Gasteiger partial charge on any atom is -0.460 e. The summed E-state index contributed by atoms with van der Waals surface area (Å²) in [6.45, 7) is 4.11. The third-order valence-electron chi connectivity index (χ3n) is 2.53. The summed E-state index contributed by atoms with van der Waals surface area (Å²) in [6, 6.07) is 1.83. The summed E-state index contributed by atoms with van der Waals surface area (Å²) < 4.78 is 4.86. The van der Waals surface area contributed by atoms with E-state index in [4.69, 9.17) is 4.74 Å². The van der Waals surface area contributed by atoms with Crippen molar-refractivity contribution in [2.45, 2.75) is 19.8 Å². The predicted octanol–water partition coefficient (Wildman–Crippen LogP) is 1.25. The zero-order chi connectivity index (χ0) is 11.4. The molecule has 0 saturated carbocycles. The van der Waals surface area contributed by atoms with Gasteiger partial charge in [-0.1, -0.05) is 0 Å². The van der Waals surface area contributed by atoms with Gasteiger partial charge in [0.1, 0.15) is 5.82 Å². The van der Waals surface area contributed by atoms with Crippen LogP contribution in [-0.2, 0) is 4.74 Å². The zero-order valence-electron chi connectivity index (χ0n) is 9.35. The topological polar surface area (TPSA) is 55.3 Å². The van der Waals surface area contributed by atoms with Crippen molar-refractivity contribution in [3.63, 3.8) is 0 Å². The van der Waals surface area contributed by atoms with Gasteiger partial charge in [-0.15, -0.1) is 0 Å². The smallest absolute Gasteiger partial charge is 0.376 e. The lowest BCUT2D eigenvalue weighted by atomic mass is 10.4. The van der Waals surface area contributed by atoms with Crippen molar-refractivity contribution < 1.29 is 9.53 Å². The second-order valence-electron chi connectivity index (χ2n) is 3.65. The van der Waals surface area contributed by atoms with Crippen LogP contribution in [0.3, 0.4) is 0 Å². The van der Waals surface area contributed by atoms with E-state index in [-0.39, 0.29) is 5.82 Å². The van der Waals surface area contributed by atoms with Gasteiger partial charge in [-0.2, -0.15) is 0 Å².